The van der Waals surface area contributed by atoms with Gasteiger partial charge in [-0.15, -0.1) is 0 Å². The van der Waals surface area contributed by atoms with Gasteiger partial charge in [-0.2, -0.15) is 0 Å². The Morgan fingerprint density at radius 3 is 2.43 bits per heavy atom. The average Bonchev–Trinajstić information content (AvgIpc) is 2.53. The van der Waals surface area contributed by atoms with Gasteiger partial charge in [-0.1, -0.05) is 32.4 Å². The van der Waals surface area contributed by atoms with Crippen molar-refractivity contribution in [3.8, 4) is 5.75 Å². The first-order valence-corrected chi connectivity index (χ1v) is 7.79. The van der Waals surface area contributed by atoms with Crippen LogP contribution in [0.4, 0.5) is 0 Å². The van der Waals surface area contributed by atoms with Gasteiger partial charge in [0, 0.05) is 20.1 Å². The molecule has 0 aliphatic rings. The third kappa shape index (κ3) is 6.52. The Kier molecular flexibility index (Phi) is 8.32. The topological polar surface area (TPSA) is 45.7 Å². The molecule has 2 N–H and O–H groups in total. The van der Waals surface area contributed by atoms with Crippen LogP contribution in [0.25, 0.3) is 0 Å². The molecule has 0 aromatic heterocycles. The lowest BCUT2D eigenvalue weighted by atomic mass is 9.98. The van der Waals surface area contributed by atoms with Crippen molar-refractivity contribution in [3.63, 3.8) is 0 Å². The zero-order valence-corrected chi connectivity index (χ0v) is 13.8. The molecule has 0 saturated carbocycles. The van der Waals surface area contributed by atoms with E-state index >= 15 is 0 Å². The number of nitrogens with zero attached hydrogens (tertiary/aromatic N) is 1. The van der Waals surface area contributed by atoms with Crippen LogP contribution in [0.15, 0.2) is 29.3 Å². The largest absolute Gasteiger partial charge is 0.497 e. The van der Waals surface area contributed by atoms with Crippen LogP contribution in [0.3, 0.4) is 0 Å². The van der Waals surface area contributed by atoms with Crippen molar-refractivity contribution in [3.05, 3.63) is 29.8 Å². The first-order chi connectivity index (χ1) is 10.2. The summed E-state index contributed by atoms with van der Waals surface area (Å²) in [6.45, 7) is 6.33. The van der Waals surface area contributed by atoms with E-state index in [1.165, 1.54) is 18.4 Å². The summed E-state index contributed by atoms with van der Waals surface area (Å²) < 4.78 is 5.19. The summed E-state index contributed by atoms with van der Waals surface area (Å²) in [4.78, 5) is 4.23. The fraction of sp³-hybridized carbons (Fsp3) is 0.588. The second kappa shape index (κ2) is 10.1. The number of aliphatic imine (C=N–C) groups is 1. The van der Waals surface area contributed by atoms with Crippen LogP contribution in [0.2, 0.25) is 0 Å². The second-order valence-electron chi connectivity index (χ2n) is 5.24. The van der Waals surface area contributed by atoms with Crippen molar-refractivity contribution in [1.82, 2.24) is 10.6 Å². The van der Waals surface area contributed by atoms with E-state index in [4.69, 9.17) is 4.74 Å². The highest BCUT2D eigenvalue weighted by atomic mass is 16.5. The molecule has 21 heavy (non-hydrogen) atoms. The van der Waals surface area contributed by atoms with Crippen LogP contribution < -0.4 is 15.4 Å². The van der Waals surface area contributed by atoms with Crippen molar-refractivity contribution in [1.29, 1.82) is 0 Å². The lowest BCUT2D eigenvalue weighted by molar-refractivity contribution is 0.414. The SMILES string of the molecule is CCCCNC(=NC)NCCC(C)c1ccc(OC)cc1. The average molecular weight is 291 g/mol. The van der Waals surface area contributed by atoms with E-state index in [-0.39, 0.29) is 0 Å². The third-order valence-electron chi connectivity index (χ3n) is 3.60. The van der Waals surface area contributed by atoms with Gasteiger partial charge in [0.05, 0.1) is 7.11 Å². The monoisotopic (exact) mass is 291 g/mol. The molecule has 0 spiro atoms. The van der Waals surface area contributed by atoms with Crippen LogP contribution in [0, 0.1) is 0 Å². The van der Waals surface area contributed by atoms with Gasteiger partial charge in [0.1, 0.15) is 5.75 Å². The molecule has 1 aromatic carbocycles. The maximum atomic E-state index is 5.19. The summed E-state index contributed by atoms with van der Waals surface area (Å²) in [5.41, 5.74) is 1.34. The lowest BCUT2D eigenvalue weighted by Crippen LogP contribution is -2.38. The van der Waals surface area contributed by atoms with Gasteiger partial charge in [0.2, 0.25) is 0 Å². The van der Waals surface area contributed by atoms with Crippen LogP contribution >= 0.6 is 0 Å². The van der Waals surface area contributed by atoms with Gasteiger partial charge in [-0.3, -0.25) is 4.99 Å². The molecular formula is C17H29N3O. The number of benzene rings is 1. The van der Waals surface area contributed by atoms with Gasteiger partial charge in [0.25, 0.3) is 0 Å². The van der Waals surface area contributed by atoms with Gasteiger partial charge in [-0.05, 0) is 36.5 Å². The number of hydrogen-bond donors (Lipinski definition) is 2. The highest BCUT2D eigenvalue weighted by molar-refractivity contribution is 5.79. The molecule has 118 valence electrons. The number of methoxy groups -OCH3 is 1. The van der Waals surface area contributed by atoms with E-state index in [1.807, 2.05) is 19.2 Å². The predicted octanol–water partition coefficient (Wildman–Crippen LogP) is 3.15. The Balaban J connectivity index is 2.32. The van der Waals surface area contributed by atoms with E-state index in [0.29, 0.717) is 5.92 Å². The number of rotatable bonds is 8. The van der Waals surface area contributed by atoms with E-state index in [2.05, 4.69) is 41.6 Å². The molecule has 1 aromatic rings. The molecule has 1 unspecified atom stereocenters. The third-order valence-corrected chi connectivity index (χ3v) is 3.60. The summed E-state index contributed by atoms with van der Waals surface area (Å²) in [5, 5.41) is 6.69. The van der Waals surface area contributed by atoms with Crippen molar-refractivity contribution in [2.45, 2.75) is 39.0 Å². The van der Waals surface area contributed by atoms with Crippen molar-refractivity contribution < 1.29 is 4.74 Å². The number of hydrogen-bond acceptors (Lipinski definition) is 2. The number of guanidine groups is 1. The Morgan fingerprint density at radius 1 is 1.19 bits per heavy atom. The van der Waals surface area contributed by atoms with Crippen LogP contribution in [-0.2, 0) is 0 Å². The van der Waals surface area contributed by atoms with E-state index in [9.17, 15) is 0 Å². The van der Waals surface area contributed by atoms with Gasteiger partial charge >= 0.3 is 0 Å². The fourth-order valence-corrected chi connectivity index (χ4v) is 2.11. The minimum Gasteiger partial charge on any atom is -0.497 e. The molecule has 0 aliphatic heterocycles. The number of nitrogens with one attached hydrogen (secondary N) is 2. The fourth-order valence-electron chi connectivity index (χ4n) is 2.11. The maximum Gasteiger partial charge on any atom is 0.190 e. The maximum absolute atomic E-state index is 5.19. The minimum absolute atomic E-state index is 0.511. The van der Waals surface area contributed by atoms with Crippen molar-refractivity contribution in [2.75, 3.05) is 27.2 Å². The molecule has 0 bridgehead atoms. The first-order valence-electron chi connectivity index (χ1n) is 7.79. The molecule has 0 amide bonds. The second-order valence-corrected chi connectivity index (χ2v) is 5.24. The molecule has 0 aliphatic carbocycles. The molecule has 1 atom stereocenters. The highest BCUT2D eigenvalue weighted by Gasteiger charge is 2.06. The smallest absolute Gasteiger partial charge is 0.190 e. The Bertz CT molecular complexity index is 415. The zero-order chi connectivity index (χ0) is 15.5. The number of ether oxygens (including phenoxy) is 1. The summed E-state index contributed by atoms with van der Waals surface area (Å²) in [7, 11) is 3.51. The van der Waals surface area contributed by atoms with E-state index in [0.717, 1.165) is 31.2 Å². The molecule has 0 radical (unpaired) electrons. The quantitative estimate of drug-likeness (QED) is 0.439. The molecule has 0 heterocycles. The molecule has 4 heteroatoms. The molecule has 4 nitrogen and oxygen atoms in total. The minimum atomic E-state index is 0.511. The molecule has 0 saturated heterocycles. The molecule has 1 rings (SSSR count). The summed E-state index contributed by atoms with van der Waals surface area (Å²) in [5.74, 6) is 2.31. The van der Waals surface area contributed by atoms with Crippen LogP contribution in [0.1, 0.15) is 44.6 Å². The van der Waals surface area contributed by atoms with Crippen LogP contribution in [-0.4, -0.2) is 33.2 Å². The highest BCUT2D eigenvalue weighted by Crippen LogP contribution is 2.21. The zero-order valence-electron chi connectivity index (χ0n) is 13.8. The van der Waals surface area contributed by atoms with Gasteiger partial charge in [-0.25, -0.2) is 0 Å². The Labute approximate surface area is 129 Å². The molecular weight excluding hydrogens is 262 g/mol. The first kappa shape index (κ1) is 17.3. The van der Waals surface area contributed by atoms with Gasteiger partial charge < -0.3 is 15.4 Å². The van der Waals surface area contributed by atoms with Crippen molar-refractivity contribution in [2.24, 2.45) is 4.99 Å². The summed E-state index contributed by atoms with van der Waals surface area (Å²) in [6.07, 6.45) is 3.43. The lowest BCUT2D eigenvalue weighted by Gasteiger charge is -2.15. The normalized spacial score (nSPS) is 12.9. The predicted molar refractivity (Wildman–Crippen MR) is 90.3 cm³/mol. The van der Waals surface area contributed by atoms with E-state index in [1.54, 1.807) is 7.11 Å². The van der Waals surface area contributed by atoms with Crippen LogP contribution in [0.5, 0.6) is 5.75 Å². The van der Waals surface area contributed by atoms with Crippen molar-refractivity contribution >= 4 is 5.96 Å². The summed E-state index contributed by atoms with van der Waals surface area (Å²) >= 11 is 0. The van der Waals surface area contributed by atoms with Gasteiger partial charge in [0.15, 0.2) is 5.96 Å². The Hall–Kier alpha value is -1.71. The Morgan fingerprint density at radius 2 is 1.86 bits per heavy atom. The number of unbranched alkanes of at least 4 members (excludes halogenated alkanes) is 1. The summed E-state index contributed by atoms with van der Waals surface area (Å²) in [6, 6.07) is 8.31. The standard InChI is InChI=1S/C17H29N3O/c1-5-6-12-19-17(18-3)20-13-11-14(2)15-7-9-16(21-4)10-8-15/h7-10,14H,5-6,11-13H2,1-4H3,(H2,18,19,20). The van der Waals surface area contributed by atoms with E-state index < -0.39 is 0 Å². The molecule has 0 fully saturated rings.